The fraction of sp³-hybridized carbons (Fsp3) is 0.357. The van der Waals surface area contributed by atoms with Crippen molar-refractivity contribution in [3.63, 3.8) is 0 Å². The van der Waals surface area contributed by atoms with Crippen molar-refractivity contribution >= 4 is 23.8 Å². The van der Waals surface area contributed by atoms with E-state index >= 15 is 0 Å². The van der Waals surface area contributed by atoms with E-state index in [1.165, 1.54) is 6.08 Å². The predicted octanol–water partition coefficient (Wildman–Crippen LogP) is 3.05. The van der Waals surface area contributed by atoms with Crippen molar-refractivity contribution in [1.82, 2.24) is 0 Å². The highest BCUT2D eigenvalue weighted by atomic mass is 32.2. The zero-order valence-electron chi connectivity index (χ0n) is 10.5. The van der Waals surface area contributed by atoms with Gasteiger partial charge in [-0.05, 0) is 29.4 Å². The fourth-order valence-corrected chi connectivity index (χ4v) is 2.43. The highest BCUT2D eigenvalue weighted by molar-refractivity contribution is 7.98. The van der Waals surface area contributed by atoms with Gasteiger partial charge in [-0.1, -0.05) is 24.3 Å². The van der Waals surface area contributed by atoms with Crippen LogP contribution in [-0.4, -0.2) is 30.5 Å². The monoisotopic (exact) mass is 266 g/mol. The van der Waals surface area contributed by atoms with Crippen molar-refractivity contribution in [2.75, 3.05) is 19.5 Å². The molecule has 3 nitrogen and oxygen atoms in total. The molecule has 0 aliphatic heterocycles. The van der Waals surface area contributed by atoms with E-state index < -0.39 is 5.97 Å². The molecule has 0 atom stereocenters. The van der Waals surface area contributed by atoms with Crippen LogP contribution in [0.3, 0.4) is 0 Å². The molecule has 0 saturated heterocycles. The number of benzene rings is 1. The minimum Gasteiger partial charge on any atom is -0.478 e. The van der Waals surface area contributed by atoms with Gasteiger partial charge in [-0.2, -0.15) is 11.8 Å². The molecule has 1 aromatic carbocycles. The van der Waals surface area contributed by atoms with Crippen LogP contribution in [0.15, 0.2) is 30.3 Å². The summed E-state index contributed by atoms with van der Waals surface area (Å²) in [5.74, 6) is 1.02. The lowest BCUT2D eigenvalue weighted by atomic mass is 10.1. The Morgan fingerprint density at radius 2 is 2.22 bits per heavy atom. The van der Waals surface area contributed by atoms with Gasteiger partial charge in [0.15, 0.2) is 0 Å². The highest BCUT2D eigenvalue weighted by Gasteiger charge is 1.99. The maximum absolute atomic E-state index is 10.5. The number of thioether (sulfide) groups is 1. The average molecular weight is 266 g/mol. The van der Waals surface area contributed by atoms with Gasteiger partial charge < -0.3 is 9.84 Å². The summed E-state index contributed by atoms with van der Waals surface area (Å²) < 4.78 is 4.99. The number of methoxy groups -OCH3 is 1. The number of hydrogen-bond acceptors (Lipinski definition) is 3. The summed E-state index contributed by atoms with van der Waals surface area (Å²) in [5.41, 5.74) is 2.14. The molecule has 0 radical (unpaired) electrons. The zero-order chi connectivity index (χ0) is 13.2. The third-order valence-corrected chi connectivity index (χ3v) is 3.45. The van der Waals surface area contributed by atoms with Gasteiger partial charge in [0.25, 0.3) is 0 Å². The average Bonchev–Trinajstić information content (AvgIpc) is 2.37. The van der Waals surface area contributed by atoms with E-state index in [0.29, 0.717) is 0 Å². The maximum Gasteiger partial charge on any atom is 0.328 e. The number of hydrogen-bond donors (Lipinski definition) is 1. The van der Waals surface area contributed by atoms with Crippen LogP contribution in [0.4, 0.5) is 0 Å². The molecule has 0 fully saturated rings. The minimum absolute atomic E-state index is 0.785. The van der Waals surface area contributed by atoms with Crippen LogP contribution < -0.4 is 0 Å². The number of carboxylic acid groups (broad SMARTS) is 1. The highest BCUT2D eigenvalue weighted by Crippen LogP contribution is 2.18. The Bertz CT molecular complexity index is 402. The second-order valence-electron chi connectivity index (χ2n) is 3.77. The lowest BCUT2D eigenvalue weighted by molar-refractivity contribution is -0.131. The number of carbonyl (C=O) groups is 1. The van der Waals surface area contributed by atoms with Gasteiger partial charge in [0.05, 0.1) is 0 Å². The van der Waals surface area contributed by atoms with Crippen LogP contribution in [0.2, 0.25) is 0 Å². The molecule has 1 N–H and O–H groups in total. The SMILES string of the molecule is COCCCSCc1ccccc1C=CC(=O)O. The summed E-state index contributed by atoms with van der Waals surface area (Å²) in [6.45, 7) is 0.785. The second kappa shape index (κ2) is 8.78. The zero-order valence-corrected chi connectivity index (χ0v) is 11.3. The van der Waals surface area contributed by atoms with E-state index in [1.54, 1.807) is 13.2 Å². The van der Waals surface area contributed by atoms with Gasteiger partial charge in [-0.25, -0.2) is 4.79 Å². The molecule has 0 aliphatic rings. The first kappa shape index (κ1) is 14.8. The van der Waals surface area contributed by atoms with E-state index in [4.69, 9.17) is 9.84 Å². The van der Waals surface area contributed by atoms with Crippen molar-refractivity contribution in [3.8, 4) is 0 Å². The summed E-state index contributed by atoms with van der Waals surface area (Å²) in [4.78, 5) is 10.5. The van der Waals surface area contributed by atoms with Crippen molar-refractivity contribution in [1.29, 1.82) is 0 Å². The van der Waals surface area contributed by atoms with Gasteiger partial charge >= 0.3 is 5.97 Å². The first-order valence-corrected chi connectivity index (χ1v) is 6.95. The van der Waals surface area contributed by atoms with Crippen LogP contribution in [0.5, 0.6) is 0 Å². The molecule has 0 aromatic heterocycles. The van der Waals surface area contributed by atoms with Crippen LogP contribution in [0.25, 0.3) is 6.08 Å². The number of aliphatic carboxylic acids is 1. The molecule has 0 aliphatic carbocycles. The molecule has 0 bridgehead atoms. The fourth-order valence-electron chi connectivity index (χ4n) is 1.48. The predicted molar refractivity (Wildman–Crippen MR) is 75.8 cm³/mol. The molecule has 0 heterocycles. The first-order valence-electron chi connectivity index (χ1n) is 5.79. The van der Waals surface area contributed by atoms with Gasteiger partial charge in [-0.3, -0.25) is 0 Å². The Hall–Kier alpha value is -1.26. The number of ether oxygens (including phenoxy) is 1. The molecule has 1 aromatic rings. The van der Waals surface area contributed by atoms with Gasteiger partial charge in [0.2, 0.25) is 0 Å². The molecule has 18 heavy (non-hydrogen) atoms. The van der Waals surface area contributed by atoms with Crippen LogP contribution in [0.1, 0.15) is 17.5 Å². The molecular weight excluding hydrogens is 248 g/mol. The first-order chi connectivity index (χ1) is 8.74. The molecule has 4 heteroatoms. The maximum atomic E-state index is 10.5. The van der Waals surface area contributed by atoms with Crippen LogP contribution in [-0.2, 0) is 15.3 Å². The Kier molecular flexibility index (Phi) is 7.22. The molecule has 98 valence electrons. The van der Waals surface area contributed by atoms with E-state index in [1.807, 2.05) is 36.0 Å². The van der Waals surface area contributed by atoms with E-state index in [-0.39, 0.29) is 0 Å². The largest absolute Gasteiger partial charge is 0.478 e. The summed E-state index contributed by atoms with van der Waals surface area (Å²) in [6.07, 6.45) is 3.86. The smallest absolute Gasteiger partial charge is 0.328 e. The summed E-state index contributed by atoms with van der Waals surface area (Å²) in [7, 11) is 1.71. The molecule has 0 saturated carbocycles. The standard InChI is InChI=1S/C14H18O3S/c1-17-9-4-10-18-11-13-6-3-2-5-12(13)7-8-14(15)16/h2-3,5-8H,4,9-11H2,1H3,(H,15,16). The van der Waals surface area contributed by atoms with Crippen molar-refractivity contribution in [3.05, 3.63) is 41.5 Å². The van der Waals surface area contributed by atoms with E-state index in [0.717, 1.165) is 35.7 Å². The van der Waals surface area contributed by atoms with Crippen molar-refractivity contribution in [2.45, 2.75) is 12.2 Å². The van der Waals surface area contributed by atoms with Crippen molar-refractivity contribution in [2.24, 2.45) is 0 Å². The Labute approximate surface area is 112 Å². The van der Waals surface area contributed by atoms with Gasteiger partial charge in [0, 0.05) is 25.5 Å². The van der Waals surface area contributed by atoms with E-state index in [2.05, 4.69) is 0 Å². The topological polar surface area (TPSA) is 46.5 Å². The molecule has 1 rings (SSSR count). The van der Waals surface area contributed by atoms with Gasteiger partial charge in [-0.15, -0.1) is 0 Å². The molecule has 0 unspecified atom stereocenters. The molecular formula is C14H18O3S. The summed E-state index contributed by atoms with van der Waals surface area (Å²) in [5, 5.41) is 8.63. The number of carboxylic acids is 1. The lowest BCUT2D eigenvalue weighted by Gasteiger charge is -2.05. The Morgan fingerprint density at radius 3 is 2.94 bits per heavy atom. The normalized spacial score (nSPS) is 10.9. The summed E-state index contributed by atoms with van der Waals surface area (Å²) >= 11 is 1.83. The van der Waals surface area contributed by atoms with Gasteiger partial charge in [0.1, 0.15) is 0 Å². The number of rotatable bonds is 8. The molecule has 0 spiro atoms. The van der Waals surface area contributed by atoms with Crippen LogP contribution >= 0.6 is 11.8 Å². The second-order valence-corrected chi connectivity index (χ2v) is 4.87. The molecule has 0 amide bonds. The Morgan fingerprint density at radius 1 is 1.44 bits per heavy atom. The van der Waals surface area contributed by atoms with E-state index in [9.17, 15) is 4.79 Å². The minimum atomic E-state index is -0.919. The third-order valence-electron chi connectivity index (χ3n) is 2.36. The van der Waals surface area contributed by atoms with Crippen molar-refractivity contribution < 1.29 is 14.6 Å². The Balaban J connectivity index is 2.51. The quantitative estimate of drug-likeness (QED) is 0.580. The third kappa shape index (κ3) is 5.89. The summed E-state index contributed by atoms with van der Waals surface area (Å²) in [6, 6.07) is 7.86. The lowest BCUT2D eigenvalue weighted by Crippen LogP contribution is -1.93. The van der Waals surface area contributed by atoms with Crippen LogP contribution in [0, 0.1) is 0 Å².